The van der Waals surface area contributed by atoms with E-state index in [9.17, 15) is 8.78 Å². The molecule has 3 nitrogen and oxygen atoms in total. The number of halogens is 2. The molecule has 0 bridgehead atoms. The maximum atomic E-state index is 13.4. The van der Waals surface area contributed by atoms with Gasteiger partial charge in [0, 0.05) is 11.1 Å². The van der Waals surface area contributed by atoms with Crippen molar-refractivity contribution >= 4 is 11.4 Å². The molecular weight excluding hydrogens is 188 g/mol. The van der Waals surface area contributed by atoms with Gasteiger partial charge in [-0.05, 0) is 13.8 Å². The van der Waals surface area contributed by atoms with Gasteiger partial charge in [0.15, 0.2) is 11.7 Å². The maximum Gasteiger partial charge on any atom is 0.206 e. The highest BCUT2D eigenvalue weighted by Crippen LogP contribution is 2.26. The fraction of sp³-hybridized carbons (Fsp3) is 0.222. The summed E-state index contributed by atoms with van der Waals surface area (Å²) in [6.45, 7) is 2.56. The predicted octanol–water partition coefficient (Wildman–Crippen LogP) is 2.43. The standard InChI is InChI=1S/C9H7F2N3/c1-4-7(11)9(14-3-12)5(2)6(10)8(4)13/h13H,1-2H3/b13-8?,14-9-. The Morgan fingerprint density at radius 3 is 2.29 bits per heavy atom. The molecule has 0 aliphatic heterocycles. The lowest BCUT2D eigenvalue weighted by atomic mass is 9.95. The monoisotopic (exact) mass is 195 g/mol. The quantitative estimate of drug-likeness (QED) is 0.468. The highest BCUT2D eigenvalue weighted by molar-refractivity contribution is 6.25. The number of hydrogen-bond donors (Lipinski definition) is 1. The summed E-state index contributed by atoms with van der Waals surface area (Å²) >= 11 is 0. The molecule has 0 atom stereocenters. The van der Waals surface area contributed by atoms with Crippen molar-refractivity contribution in [2.24, 2.45) is 4.99 Å². The van der Waals surface area contributed by atoms with Crippen LogP contribution in [0.1, 0.15) is 13.8 Å². The number of rotatable bonds is 0. The van der Waals surface area contributed by atoms with E-state index in [1.165, 1.54) is 20.0 Å². The molecule has 1 N–H and O–H groups in total. The average molecular weight is 195 g/mol. The first-order chi connectivity index (χ1) is 6.50. The summed E-state index contributed by atoms with van der Waals surface area (Å²) in [5.74, 6) is -1.65. The molecule has 0 saturated heterocycles. The van der Waals surface area contributed by atoms with E-state index in [1.54, 1.807) is 0 Å². The molecule has 1 aliphatic rings. The van der Waals surface area contributed by atoms with E-state index in [4.69, 9.17) is 10.7 Å². The lowest BCUT2D eigenvalue weighted by Gasteiger charge is -2.14. The number of nitrogens with zero attached hydrogens (tertiary/aromatic N) is 2. The molecule has 0 saturated carbocycles. The second-order valence-electron chi connectivity index (χ2n) is 2.81. The number of aliphatic imine (C=N–C) groups is 1. The molecule has 0 unspecified atom stereocenters. The Morgan fingerprint density at radius 2 is 1.79 bits per heavy atom. The van der Waals surface area contributed by atoms with E-state index in [2.05, 4.69) is 4.99 Å². The molecule has 0 fully saturated rings. The zero-order valence-electron chi connectivity index (χ0n) is 7.65. The second kappa shape index (κ2) is 3.50. The number of nitriles is 1. The van der Waals surface area contributed by atoms with Crippen molar-refractivity contribution < 1.29 is 8.78 Å². The molecule has 0 aromatic carbocycles. The van der Waals surface area contributed by atoms with E-state index in [0.717, 1.165) is 0 Å². The van der Waals surface area contributed by atoms with Gasteiger partial charge < -0.3 is 0 Å². The number of nitrogens with one attached hydrogen (secondary N) is 1. The van der Waals surface area contributed by atoms with Crippen LogP contribution >= 0.6 is 0 Å². The van der Waals surface area contributed by atoms with E-state index in [1.807, 2.05) is 0 Å². The number of hydrogen-bond acceptors (Lipinski definition) is 3. The van der Waals surface area contributed by atoms with Crippen LogP contribution < -0.4 is 0 Å². The molecule has 14 heavy (non-hydrogen) atoms. The van der Waals surface area contributed by atoms with Gasteiger partial charge in [0.1, 0.15) is 5.71 Å². The topological polar surface area (TPSA) is 60.0 Å². The first-order valence-corrected chi connectivity index (χ1v) is 3.80. The summed E-state index contributed by atoms with van der Waals surface area (Å²) in [5, 5.41) is 15.5. The van der Waals surface area contributed by atoms with E-state index < -0.39 is 17.4 Å². The molecule has 72 valence electrons. The fourth-order valence-corrected chi connectivity index (χ4v) is 1.09. The van der Waals surface area contributed by atoms with E-state index in [-0.39, 0.29) is 16.9 Å². The van der Waals surface area contributed by atoms with Crippen LogP contribution in [0, 0.1) is 16.9 Å². The van der Waals surface area contributed by atoms with Crippen molar-refractivity contribution in [1.82, 2.24) is 0 Å². The van der Waals surface area contributed by atoms with Crippen LogP contribution in [0.15, 0.2) is 27.8 Å². The molecule has 0 heterocycles. The fourth-order valence-electron chi connectivity index (χ4n) is 1.09. The van der Waals surface area contributed by atoms with Crippen LogP contribution in [0.2, 0.25) is 0 Å². The van der Waals surface area contributed by atoms with Crippen molar-refractivity contribution in [2.75, 3.05) is 0 Å². The molecule has 1 aliphatic carbocycles. The Bertz CT molecular complexity index is 405. The molecule has 1 rings (SSSR count). The third-order valence-electron chi connectivity index (χ3n) is 1.98. The largest absolute Gasteiger partial charge is 0.297 e. The van der Waals surface area contributed by atoms with Crippen LogP contribution in [0.4, 0.5) is 8.78 Å². The van der Waals surface area contributed by atoms with Gasteiger partial charge in [-0.1, -0.05) is 0 Å². The van der Waals surface area contributed by atoms with Crippen LogP contribution in [0.5, 0.6) is 0 Å². The summed E-state index contributed by atoms with van der Waals surface area (Å²) in [6.07, 6.45) is 1.40. The molecule has 5 heteroatoms. The Hall–Kier alpha value is -1.83. The van der Waals surface area contributed by atoms with Gasteiger partial charge in [-0.25, -0.2) is 8.78 Å². The van der Waals surface area contributed by atoms with E-state index in [0.29, 0.717) is 0 Å². The SMILES string of the molecule is CC1=C(F)/C(=N\C#N)C(C)=C(F)C1=N. The van der Waals surface area contributed by atoms with Gasteiger partial charge in [0.25, 0.3) is 0 Å². The normalized spacial score (nSPS) is 20.5. The highest BCUT2D eigenvalue weighted by Gasteiger charge is 2.26. The summed E-state index contributed by atoms with van der Waals surface area (Å²) in [6, 6.07) is 0. The first kappa shape index (κ1) is 10.3. The smallest absolute Gasteiger partial charge is 0.206 e. The molecule has 0 amide bonds. The highest BCUT2D eigenvalue weighted by atomic mass is 19.1. The Kier molecular flexibility index (Phi) is 2.56. The van der Waals surface area contributed by atoms with Gasteiger partial charge in [0.2, 0.25) is 6.19 Å². The zero-order valence-corrected chi connectivity index (χ0v) is 7.65. The van der Waals surface area contributed by atoms with Gasteiger partial charge in [-0.15, -0.1) is 0 Å². The molecule has 0 aromatic rings. The van der Waals surface area contributed by atoms with Crippen molar-refractivity contribution in [3.05, 3.63) is 22.8 Å². The van der Waals surface area contributed by atoms with Crippen molar-refractivity contribution in [3.63, 3.8) is 0 Å². The van der Waals surface area contributed by atoms with Gasteiger partial charge in [0.05, 0.1) is 5.71 Å². The summed E-state index contributed by atoms with van der Waals surface area (Å²) < 4.78 is 26.6. The maximum absolute atomic E-state index is 13.4. The van der Waals surface area contributed by atoms with E-state index >= 15 is 0 Å². The van der Waals surface area contributed by atoms with Crippen molar-refractivity contribution in [2.45, 2.75) is 13.8 Å². The molecule has 0 spiro atoms. The Morgan fingerprint density at radius 1 is 1.21 bits per heavy atom. The summed E-state index contributed by atoms with van der Waals surface area (Å²) in [7, 11) is 0. The minimum absolute atomic E-state index is 0.111. The lowest BCUT2D eigenvalue weighted by Crippen LogP contribution is -2.17. The van der Waals surface area contributed by atoms with Gasteiger partial charge in [-0.3, -0.25) is 5.41 Å². The number of allylic oxidation sites excluding steroid dienone is 4. The molecule has 0 radical (unpaired) electrons. The Balaban J connectivity index is 3.43. The van der Waals surface area contributed by atoms with Crippen molar-refractivity contribution in [3.8, 4) is 6.19 Å². The van der Waals surface area contributed by atoms with Crippen molar-refractivity contribution in [1.29, 1.82) is 10.7 Å². The molecular formula is C9H7F2N3. The first-order valence-electron chi connectivity index (χ1n) is 3.80. The van der Waals surface area contributed by atoms with Gasteiger partial charge >= 0.3 is 0 Å². The lowest BCUT2D eigenvalue weighted by molar-refractivity contribution is 0.647. The van der Waals surface area contributed by atoms with Crippen LogP contribution in [0.3, 0.4) is 0 Å². The summed E-state index contributed by atoms with van der Waals surface area (Å²) in [5.41, 5.74) is -1.06. The second-order valence-corrected chi connectivity index (χ2v) is 2.81. The zero-order chi connectivity index (χ0) is 10.9. The summed E-state index contributed by atoms with van der Waals surface area (Å²) in [4.78, 5) is 3.18. The van der Waals surface area contributed by atoms with Crippen LogP contribution in [0.25, 0.3) is 0 Å². The third kappa shape index (κ3) is 1.35. The Labute approximate surface area is 79.6 Å². The van der Waals surface area contributed by atoms with Gasteiger partial charge in [-0.2, -0.15) is 10.3 Å². The third-order valence-corrected chi connectivity index (χ3v) is 1.98. The average Bonchev–Trinajstić information content (AvgIpc) is 2.19. The van der Waals surface area contributed by atoms with Crippen LogP contribution in [-0.4, -0.2) is 11.4 Å². The van der Waals surface area contributed by atoms with Crippen LogP contribution in [-0.2, 0) is 0 Å². The molecule has 0 aromatic heterocycles. The minimum Gasteiger partial charge on any atom is -0.297 e. The predicted molar refractivity (Wildman–Crippen MR) is 48.4 cm³/mol. The minimum atomic E-state index is -0.835.